The summed E-state index contributed by atoms with van der Waals surface area (Å²) < 4.78 is 0. The van der Waals surface area contributed by atoms with Gasteiger partial charge in [0.1, 0.15) is 5.82 Å². The highest BCUT2D eigenvalue weighted by atomic mass is 14.9. The van der Waals surface area contributed by atoms with E-state index in [0.717, 1.165) is 5.82 Å². The Hall–Kier alpha value is -1.31. The number of nitrogens with one attached hydrogen (secondary N) is 1. The number of nitrogens with zero attached hydrogens (tertiary/aromatic N) is 1. The van der Waals surface area contributed by atoms with Crippen molar-refractivity contribution in [3.8, 4) is 0 Å². The van der Waals surface area contributed by atoms with Gasteiger partial charge in [-0.2, -0.15) is 0 Å². The van der Waals surface area contributed by atoms with Gasteiger partial charge in [0.15, 0.2) is 0 Å². The Labute approximate surface area is 75.3 Å². The lowest BCUT2D eigenvalue weighted by atomic mass is 10.5. The molecule has 1 N–H and O–H groups in total. The molecule has 0 radical (unpaired) electrons. The first-order chi connectivity index (χ1) is 5.93. The molecular formula is C10H18N2. The molecule has 1 rings (SSSR count). The third-order valence-electron chi connectivity index (χ3n) is 0.921. The SMILES string of the molecule is C=C.CC.CNc1ccccn1. The molecule has 0 amide bonds. The van der Waals surface area contributed by atoms with Gasteiger partial charge in [-0.1, -0.05) is 19.9 Å². The first-order valence-electron chi connectivity index (χ1n) is 4.02. The lowest BCUT2D eigenvalue weighted by molar-refractivity contribution is 1.29. The molecule has 0 saturated heterocycles. The zero-order chi connectivity index (χ0) is 9.82. The van der Waals surface area contributed by atoms with Crippen LogP contribution >= 0.6 is 0 Å². The van der Waals surface area contributed by atoms with Crippen LogP contribution in [0.15, 0.2) is 37.6 Å². The van der Waals surface area contributed by atoms with Crippen molar-refractivity contribution in [3.05, 3.63) is 37.6 Å². The molecule has 0 fully saturated rings. The van der Waals surface area contributed by atoms with Gasteiger partial charge in [-0.15, -0.1) is 13.2 Å². The van der Waals surface area contributed by atoms with Crippen molar-refractivity contribution in [3.63, 3.8) is 0 Å². The van der Waals surface area contributed by atoms with E-state index < -0.39 is 0 Å². The average molecular weight is 166 g/mol. The van der Waals surface area contributed by atoms with Crippen molar-refractivity contribution in [2.75, 3.05) is 12.4 Å². The Morgan fingerprint density at radius 3 is 2.08 bits per heavy atom. The second kappa shape index (κ2) is 12.4. The summed E-state index contributed by atoms with van der Waals surface area (Å²) in [6.07, 6.45) is 1.76. The molecule has 68 valence electrons. The van der Waals surface area contributed by atoms with Crippen molar-refractivity contribution < 1.29 is 0 Å². The Bertz CT molecular complexity index is 161. The van der Waals surface area contributed by atoms with E-state index in [-0.39, 0.29) is 0 Å². The number of hydrogen-bond donors (Lipinski definition) is 1. The molecule has 0 aliphatic rings. The summed E-state index contributed by atoms with van der Waals surface area (Å²) in [4.78, 5) is 3.99. The fraction of sp³-hybridized carbons (Fsp3) is 0.300. The smallest absolute Gasteiger partial charge is 0.125 e. The minimum absolute atomic E-state index is 0.910. The van der Waals surface area contributed by atoms with Gasteiger partial charge in [0.05, 0.1) is 0 Å². The molecule has 0 bridgehead atoms. The highest BCUT2D eigenvalue weighted by Crippen LogP contribution is 1.95. The van der Waals surface area contributed by atoms with Gasteiger partial charge in [-0.25, -0.2) is 4.98 Å². The Morgan fingerprint density at radius 1 is 1.25 bits per heavy atom. The minimum Gasteiger partial charge on any atom is -0.373 e. The van der Waals surface area contributed by atoms with Crippen molar-refractivity contribution in [2.45, 2.75) is 13.8 Å². The zero-order valence-corrected chi connectivity index (χ0v) is 8.17. The lowest BCUT2D eigenvalue weighted by Gasteiger charge is -1.92. The molecule has 2 heteroatoms. The maximum atomic E-state index is 3.99. The van der Waals surface area contributed by atoms with Crippen LogP contribution in [0.2, 0.25) is 0 Å². The quantitative estimate of drug-likeness (QED) is 0.649. The molecule has 0 unspecified atom stereocenters. The molecule has 0 saturated carbocycles. The largest absolute Gasteiger partial charge is 0.373 e. The van der Waals surface area contributed by atoms with Gasteiger partial charge < -0.3 is 5.32 Å². The third-order valence-corrected chi connectivity index (χ3v) is 0.921. The molecule has 0 atom stereocenters. The summed E-state index contributed by atoms with van der Waals surface area (Å²) in [6.45, 7) is 10.0. The minimum atomic E-state index is 0.910. The van der Waals surface area contributed by atoms with E-state index in [1.807, 2.05) is 39.1 Å². The fourth-order valence-electron chi connectivity index (χ4n) is 0.511. The normalized spacial score (nSPS) is 6.58. The summed E-state index contributed by atoms with van der Waals surface area (Å²) >= 11 is 0. The van der Waals surface area contributed by atoms with Gasteiger partial charge in [0.25, 0.3) is 0 Å². The highest BCUT2D eigenvalue weighted by molar-refractivity contribution is 5.31. The van der Waals surface area contributed by atoms with E-state index in [4.69, 9.17) is 0 Å². The van der Waals surface area contributed by atoms with Crippen LogP contribution < -0.4 is 5.32 Å². The first-order valence-corrected chi connectivity index (χ1v) is 4.02. The molecule has 0 aliphatic heterocycles. The van der Waals surface area contributed by atoms with Crippen molar-refractivity contribution in [1.82, 2.24) is 4.98 Å². The zero-order valence-electron chi connectivity index (χ0n) is 8.17. The van der Waals surface area contributed by atoms with Crippen molar-refractivity contribution in [1.29, 1.82) is 0 Å². The predicted octanol–water partition coefficient (Wildman–Crippen LogP) is 2.95. The lowest BCUT2D eigenvalue weighted by Crippen LogP contribution is -1.88. The van der Waals surface area contributed by atoms with E-state index >= 15 is 0 Å². The van der Waals surface area contributed by atoms with E-state index in [2.05, 4.69) is 23.5 Å². The molecule has 1 aromatic heterocycles. The number of pyridine rings is 1. The maximum absolute atomic E-state index is 3.99. The fourth-order valence-corrected chi connectivity index (χ4v) is 0.511. The van der Waals surface area contributed by atoms with Crippen LogP contribution in [0.5, 0.6) is 0 Å². The highest BCUT2D eigenvalue weighted by Gasteiger charge is 1.79. The second-order valence-corrected chi connectivity index (χ2v) is 1.46. The molecule has 12 heavy (non-hydrogen) atoms. The molecule has 1 heterocycles. The summed E-state index contributed by atoms with van der Waals surface area (Å²) in [5, 5.41) is 2.92. The van der Waals surface area contributed by atoms with Crippen LogP contribution in [0.25, 0.3) is 0 Å². The van der Waals surface area contributed by atoms with E-state index in [0.29, 0.717) is 0 Å². The monoisotopic (exact) mass is 166 g/mol. The van der Waals surface area contributed by atoms with Crippen LogP contribution in [-0.2, 0) is 0 Å². The third kappa shape index (κ3) is 6.81. The van der Waals surface area contributed by atoms with Gasteiger partial charge in [-0.3, -0.25) is 0 Å². The summed E-state index contributed by atoms with van der Waals surface area (Å²) in [5.74, 6) is 0.910. The molecule has 2 nitrogen and oxygen atoms in total. The van der Waals surface area contributed by atoms with Crippen LogP contribution in [0.1, 0.15) is 13.8 Å². The van der Waals surface area contributed by atoms with Gasteiger partial charge in [-0.05, 0) is 12.1 Å². The number of aromatic nitrogens is 1. The molecule has 1 aromatic rings. The molecule has 0 aromatic carbocycles. The Morgan fingerprint density at radius 2 is 1.83 bits per heavy atom. The van der Waals surface area contributed by atoms with E-state index in [9.17, 15) is 0 Å². The number of rotatable bonds is 1. The summed E-state index contributed by atoms with van der Waals surface area (Å²) in [5.41, 5.74) is 0. The van der Waals surface area contributed by atoms with E-state index in [1.165, 1.54) is 0 Å². The Balaban J connectivity index is 0. The standard InChI is InChI=1S/C6H8N2.C2H6.C2H4/c1-7-6-4-2-3-5-8-6;2*1-2/h2-5H,1H3,(H,7,8);1-2H3;1-2H2. The summed E-state index contributed by atoms with van der Waals surface area (Å²) in [6, 6.07) is 5.75. The topological polar surface area (TPSA) is 24.9 Å². The van der Waals surface area contributed by atoms with Gasteiger partial charge in [0.2, 0.25) is 0 Å². The Kier molecular flexibility index (Phi) is 13.7. The van der Waals surface area contributed by atoms with Crippen LogP contribution in [0, 0.1) is 0 Å². The van der Waals surface area contributed by atoms with Crippen molar-refractivity contribution >= 4 is 5.82 Å². The van der Waals surface area contributed by atoms with E-state index in [1.54, 1.807) is 6.20 Å². The second-order valence-electron chi connectivity index (χ2n) is 1.46. The number of hydrogen-bond acceptors (Lipinski definition) is 2. The average Bonchev–Trinajstić information content (AvgIpc) is 2.25. The van der Waals surface area contributed by atoms with Crippen LogP contribution in [0.3, 0.4) is 0 Å². The van der Waals surface area contributed by atoms with Gasteiger partial charge >= 0.3 is 0 Å². The van der Waals surface area contributed by atoms with Gasteiger partial charge in [0, 0.05) is 13.2 Å². The number of anilines is 1. The molecule has 0 spiro atoms. The molecule has 0 aliphatic carbocycles. The maximum Gasteiger partial charge on any atom is 0.125 e. The van der Waals surface area contributed by atoms with Crippen molar-refractivity contribution in [2.24, 2.45) is 0 Å². The molecular weight excluding hydrogens is 148 g/mol. The predicted molar refractivity (Wildman–Crippen MR) is 56.4 cm³/mol. The van der Waals surface area contributed by atoms with Crippen LogP contribution in [0.4, 0.5) is 5.82 Å². The summed E-state index contributed by atoms with van der Waals surface area (Å²) in [7, 11) is 1.85. The van der Waals surface area contributed by atoms with Crippen LogP contribution in [-0.4, -0.2) is 12.0 Å². The first kappa shape index (κ1) is 13.3.